The smallest absolute Gasteiger partial charge is 0.0194 e. The van der Waals surface area contributed by atoms with Crippen molar-refractivity contribution in [3.05, 3.63) is 0 Å². The molecule has 0 aromatic carbocycles. The minimum atomic E-state index is 0.330. The molecular formula is C14H31N3. The van der Waals surface area contributed by atoms with Gasteiger partial charge in [-0.25, -0.2) is 0 Å². The standard InChI is InChI=1S/C14H31N3/c1-6-17(12(2)10-16(4)5)11-14(3)9-7-8-13(14)15/h12-13H,6-11,15H2,1-5H3. The van der Waals surface area contributed by atoms with Crippen LogP contribution < -0.4 is 5.73 Å². The Morgan fingerprint density at radius 2 is 2.06 bits per heavy atom. The van der Waals surface area contributed by atoms with Crippen LogP contribution in [-0.2, 0) is 0 Å². The van der Waals surface area contributed by atoms with Crippen molar-refractivity contribution >= 4 is 0 Å². The normalized spacial score (nSPS) is 31.4. The van der Waals surface area contributed by atoms with Crippen molar-refractivity contribution in [2.24, 2.45) is 11.1 Å². The van der Waals surface area contributed by atoms with E-state index >= 15 is 0 Å². The molecule has 3 heteroatoms. The number of likely N-dealkylation sites (N-methyl/N-ethyl adjacent to an activating group) is 2. The second-order valence-corrected chi connectivity index (χ2v) is 6.33. The first kappa shape index (κ1) is 14.9. The van der Waals surface area contributed by atoms with Gasteiger partial charge >= 0.3 is 0 Å². The van der Waals surface area contributed by atoms with E-state index in [1.165, 1.54) is 19.3 Å². The fraction of sp³-hybridized carbons (Fsp3) is 1.00. The first-order chi connectivity index (χ1) is 7.89. The van der Waals surface area contributed by atoms with Gasteiger partial charge in [0.25, 0.3) is 0 Å². The van der Waals surface area contributed by atoms with Gasteiger partial charge in [-0.05, 0) is 45.8 Å². The molecule has 1 rings (SSSR count). The Labute approximate surface area is 107 Å². The molecule has 102 valence electrons. The van der Waals surface area contributed by atoms with Crippen molar-refractivity contribution in [3.8, 4) is 0 Å². The third-order valence-corrected chi connectivity index (χ3v) is 4.38. The number of hydrogen-bond donors (Lipinski definition) is 1. The summed E-state index contributed by atoms with van der Waals surface area (Å²) in [7, 11) is 4.29. The summed E-state index contributed by atoms with van der Waals surface area (Å²) in [6, 6.07) is 1.00. The maximum absolute atomic E-state index is 6.28. The van der Waals surface area contributed by atoms with Crippen LogP contribution in [0.5, 0.6) is 0 Å². The van der Waals surface area contributed by atoms with Gasteiger partial charge in [0, 0.05) is 25.2 Å². The van der Waals surface area contributed by atoms with Crippen LogP contribution in [0.25, 0.3) is 0 Å². The van der Waals surface area contributed by atoms with E-state index in [-0.39, 0.29) is 0 Å². The predicted molar refractivity (Wildman–Crippen MR) is 75.2 cm³/mol. The molecule has 0 radical (unpaired) electrons. The Hall–Kier alpha value is -0.120. The Morgan fingerprint density at radius 3 is 2.47 bits per heavy atom. The molecule has 17 heavy (non-hydrogen) atoms. The summed E-state index contributed by atoms with van der Waals surface area (Å²) in [5.41, 5.74) is 6.61. The lowest BCUT2D eigenvalue weighted by Crippen LogP contribution is -2.49. The molecule has 1 saturated carbocycles. The monoisotopic (exact) mass is 241 g/mol. The molecular weight excluding hydrogens is 210 g/mol. The van der Waals surface area contributed by atoms with Crippen LogP contribution in [0.3, 0.4) is 0 Å². The van der Waals surface area contributed by atoms with Gasteiger partial charge in [-0.3, -0.25) is 4.90 Å². The number of rotatable bonds is 6. The van der Waals surface area contributed by atoms with Crippen LogP contribution in [0.2, 0.25) is 0 Å². The van der Waals surface area contributed by atoms with Crippen LogP contribution in [-0.4, -0.2) is 55.6 Å². The second-order valence-electron chi connectivity index (χ2n) is 6.33. The van der Waals surface area contributed by atoms with Crippen molar-refractivity contribution in [3.63, 3.8) is 0 Å². The minimum Gasteiger partial charge on any atom is -0.327 e. The zero-order valence-corrected chi connectivity index (χ0v) is 12.4. The Bertz CT molecular complexity index is 230. The van der Waals surface area contributed by atoms with Crippen LogP contribution in [0.1, 0.15) is 40.0 Å². The molecule has 0 aromatic rings. The molecule has 3 nitrogen and oxygen atoms in total. The Morgan fingerprint density at radius 1 is 1.41 bits per heavy atom. The van der Waals surface area contributed by atoms with Crippen molar-refractivity contribution in [1.29, 1.82) is 0 Å². The third kappa shape index (κ3) is 3.94. The molecule has 0 saturated heterocycles. The van der Waals surface area contributed by atoms with Crippen LogP contribution >= 0.6 is 0 Å². The second kappa shape index (κ2) is 6.17. The Kier molecular flexibility index (Phi) is 5.42. The van der Waals surface area contributed by atoms with Crippen LogP contribution in [0.15, 0.2) is 0 Å². The molecule has 0 bridgehead atoms. The van der Waals surface area contributed by atoms with E-state index in [1.54, 1.807) is 0 Å². The van der Waals surface area contributed by atoms with Crippen molar-refractivity contribution < 1.29 is 0 Å². The summed E-state index contributed by atoms with van der Waals surface area (Å²) in [6.45, 7) is 10.4. The average Bonchev–Trinajstić information content (AvgIpc) is 2.55. The summed E-state index contributed by atoms with van der Waals surface area (Å²) >= 11 is 0. The SMILES string of the molecule is CCN(CC1(C)CCCC1N)C(C)CN(C)C. The van der Waals surface area contributed by atoms with E-state index in [2.05, 4.69) is 44.7 Å². The van der Waals surface area contributed by atoms with Crippen molar-refractivity contribution in [1.82, 2.24) is 9.80 Å². The lowest BCUT2D eigenvalue weighted by atomic mass is 9.84. The van der Waals surface area contributed by atoms with E-state index in [1.807, 2.05) is 0 Å². The van der Waals surface area contributed by atoms with Gasteiger partial charge in [-0.2, -0.15) is 0 Å². The number of nitrogens with two attached hydrogens (primary N) is 1. The minimum absolute atomic E-state index is 0.330. The van der Waals surface area contributed by atoms with E-state index < -0.39 is 0 Å². The maximum atomic E-state index is 6.28. The maximum Gasteiger partial charge on any atom is 0.0194 e. The molecule has 0 aromatic heterocycles. The number of hydrogen-bond acceptors (Lipinski definition) is 3. The first-order valence-corrected chi connectivity index (χ1v) is 7.03. The zero-order chi connectivity index (χ0) is 13.1. The Balaban J connectivity index is 2.56. The molecule has 1 aliphatic carbocycles. The fourth-order valence-electron chi connectivity index (χ4n) is 3.14. The van der Waals surface area contributed by atoms with E-state index in [9.17, 15) is 0 Å². The molecule has 2 N–H and O–H groups in total. The van der Waals surface area contributed by atoms with Gasteiger partial charge in [-0.1, -0.05) is 20.3 Å². The van der Waals surface area contributed by atoms with Gasteiger partial charge in [0.15, 0.2) is 0 Å². The van der Waals surface area contributed by atoms with Crippen molar-refractivity contribution in [2.75, 3.05) is 33.7 Å². The summed E-state index contributed by atoms with van der Waals surface area (Å²) in [6.07, 6.45) is 3.80. The van der Waals surface area contributed by atoms with Crippen molar-refractivity contribution in [2.45, 2.75) is 52.1 Å². The van der Waals surface area contributed by atoms with Gasteiger partial charge in [0.2, 0.25) is 0 Å². The summed E-state index contributed by atoms with van der Waals surface area (Å²) in [5, 5.41) is 0. The molecule has 1 aliphatic rings. The predicted octanol–water partition coefficient (Wildman–Crippen LogP) is 1.78. The first-order valence-electron chi connectivity index (χ1n) is 7.03. The number of nitrogens with zero attached hydrogens (tertiary/aromatic N) is 2. The third-order valence-electron chi connectivity index (χ3n) is 4.38. The molecule has 0 aliphatic heterocycles. The fourth-order valence-corrected chi connectivity index (χ4v) is 3.14. The van der Waals surface area contributed by atoms with Gasteiger partial charge in [0.05, 0.1) is 0 Å². The zero-order valence-electron chi connectivity index (χ0n) is 12.4. The molecule has 0 amide bonds. The van der Waals surface area contributed by atoms with E-state index in [4.69, 9.17) is 5.73 Å². The molecule has 1 fully saturated rings. The lowest BCUT2D eigenvalue weighted by Gasteiger charge is -2.39. The van der Waals surface area contributed by atoms with Crippen LogP contribution in [0, 0.1) is 5.41 Å². The summed E-state index contributed by atoms with van der Waals surface area (Å²) in [4.78, 5) is 4.86. The molecule has 3 atom stereocenters. The molecule has 0 heterocycles. The highest BCUT2D eigenvalue weighted by atomic mass is 15.2. The summed E-state index contributed by atoms with van der Waals surface area (Å²) in [5.74, 6) is 0. The van der Waals surface area contributed by atoms with E-state index in [0.717, 1.165) is 19.6 Å². The largest absolute Gasteiger partial charge is 0.327 e. The summed E-state index contributed by atoms with van der Waals surface area (Å²) < 4.78 is 0. The van der Waals surface area contributed by atoms with Gasteiger partial charge < -0.3 is 10.6 Å². The van der Waals surface area contributed by atoms with E-state index in [0.29, 0.717) is 17.5 Å². The van der Waals surface area contributed by atoms with Crippen LogP contribution in [0.4, 0.5) is 0 Å². The topological polar surface area (TPSA) is 32.5 Å². The molecule has 0 spiro atoms. The highest BCUT2D eigenvalue weighted by Crippen LogP contribution is 2.37. The quantitative estimate of drug-likeness (QED) is 0.769. The van der Waals surface area contributed by atoms with Gasteiger partial charge in [0.1, 0.15) is 0 Å². The highest BCUT2D eigenvalue weighted by molar-refractivity contribution is 4.94. The molecule has 3 unspecified atom stereocenters. The highest BCUT2D eigenvalue weighted by Gasteiger charge is 2.38. The average molecular weight is 241 g/mol. The lowest BCUT2D eigenvalue weighted by molar-refractivity contribution is 0.108. The van der Waals surface area contributed by atoms with Gasteiger partial charge in [-0.15, -0.1) is 0 Å².